The predicted molar refractivity (Wildman–Crippen MR) is 123 cm³/mol. The second-order valence-electron chi connectivity index (χ2n) is 8.85. The Labute approximate surface area is 177 Å². The molecule has 1 aliphatic carbocycles. The molecule has 7 rings (SSSR count). The molecule has 0 unspecified atom stereocenters. The van der Waals surface area contributed by atoms with E-state index in [9.17, 15) is 9.59 Å². The van der Waals surface area contributed by atoms with Gasteiger partial charge in [0, 0.05) is 6.54 Å². The average molecular weight is 407 g/mol. The quantitative estimate of drug-likeness (QED) is 0.328. The fourth-order valence-electron chi connectivity index (χ4n) is 5.77. The lowest BCUT2D eigenvalue weighted by Crippen LogP contribution is -2.30. The largest absolute Gasteiger partial charge is 0.347 e. The van der Waals surface area contributed by atoms with E-state index in [1.165, 1.54) is 42.4 Å². The van der Waals surface area contributed by atoms with E-state index >= 15 is 0 Å². The lowest BCUT2D eigenvalue weighted by molar-refractivity contribution is 0.505. The Morgan fingerprint density at radius 1 is 0.742 bits per heavy atom. The van der Waals surface area contributed by atoms with Gasteiger partial charge in [0.05, 0.1) is 12.1 Å². The normalized spacial score (nSPS) is 19.4. The molecular formula is C26H21N3O2. The summed E-state index contributed by atoms with van der Waals surface area (Å²) >= 11 is 0. The summed E-state index contributed by atoms with van der Waals surface area (Å²) in [6, 6.07) is 19.7. The fraction of sp³-hybridized carbons (Fsp3) is 0.231. The molecule has 0 saturated carbocycles. The van der Waals surface area contributed by atoms with Gasteiger partial charge in [-0.05, 0) is 57.1 Å². The van der Waals surface area contributed by atoms with Gasteiger partial charge in [0.1, 0.15) is 0 Å². The van der Waals surface area contributed by atoms with Crippen molar-refractivity contribution in [1.29, 1.82) is 0 Å². The molecule has 5 heteroatoms. The molecule has 2 atom stereocenters. The Morgan fingerprint density at radius 2 is 1.35 bits per heavy atom. The Bertz CT molecular complexity index is 1590. The number of hydrogen-bond acceptors (Lipinski definition) is 2. The van der Waals surface area contributed by atoms with E-state index < -0.39 is 0 Å². The maximum absolute atomic E-state index is 12.8. The molecular weight excluding hydrogens is 386 g/mol. The number of nitrogens with zero attached hydrogens (tertiary/aromatic N) is 3. The first-order valence-electron chi connectivity index (χ1n) is 11.0. The van der Waals surface area contributed by atoms with E-state index in [1.807, 2.05) is 12.2 Å². The highest BCUT2D eigenvalue weighted by molar-refractivity contribution is 6.23. The van der Waals surface area contributed by atoms with E-state index in [4.69, 9.17) is 0 Å². The third-order valence-electron chi connectivity index (χ3n) is 7.20. The summed E-state index contributed by atoms with van der Waals surface area (Å²) in [5, 5.41) is 7.69. The Morgan fingerprint density at radius 3 is 2.06 bits per heavy atom. The van der Waals surface area contributed by atoms with Gasteiger partial charge >= 0.3 is 11.4 Å². The van der Waals surface area contributed by atoms with Crippen LogP contribution in [0.15, 0.2) is 76.3 Å². The monoisotopic (exact) mass is 407 g/mol. The average Bonchev–Trinajstić information content (AvgIpc) is 3.48. The second-order valence-corrected chi connectivity index (χ2v) is 8.85. The van der Waals surface area contributed by atoms with Gasteiger partial charge in [-0.1, -0.05) is 66.7 Å². The van der Waals surface area contributed by atoms with Gasteiger partial charge in [-0.15, -0.1) is 0 Å². The van der Waals surface area contributed by atoms with Gasteiger partial charge in [-0.25, -0.2) is 23.5 Å². The smallest absolute Gasteiger partial charge is 0.246 e. The first-order chi connectivity index (χ1) is 15.2. The topological polar surface area (TPSA) is 48.9 Å². The van der Waals surface area contributed by atoms with Crippen LogP contribution in [0.25, 0.3) is 32.3 Å². The van der Waals surface area contributed by atoms with E-state index in [0.29, 0.717) is 6.54 Å². The summed E-state index contributed by atoms with van der Waals surface area (Å²) in [7, 11) is 0. The maximum Gasteiger partial charge on any atom is 0.347 e. The minimum absolute atomic E-state index is 0.0454. The zero-order valence-electron chi connectivity index (χ0n) is 17.0. The number of benzene rings is 4. The summed E-state index contributed by atoms with van der Waals surface area (Å²) in [6.07, 6.45) is 6.51. The first-order valence-corrected chi connectivity index (χ1v) is 11.0. The Balaban J connectivity index is 1.24. The molecule has 2 bridgehead atoms. The molecule has 1 aliphatic heterocycles. The number of aryl methyl sites for hydroxylation is 1. The molecule has 0 N–H and O–H groups in total. The van der Waals surface area contributed by atoms with Gasteiger partial charge in [-0.3, -0.25) is 0 Å². The standard InChI is InChI=1S/C26H21N3O2/c30-25-27(26(31)29-21-12-11-20(15-21)28(25)29)14-2-5-16-6-7-19-9-8-17-3-1-4-18-10-13-22(16)24(19)23(17)18/h1,3-4,6-13,20-21H,2,5,14-15H2/t20-,21+. The van der Waals surface area contributed by atoms with Crippen LogP contribution in [0.5, 0.6) is 0 Å². The zero-order valence-corrected chi connectivity index (χ0v) is 17.0. The molecule has 0 spiro atoms. The second kappa shape index (κ2) is 5.97. The van der Waals surface area contributed by atoms with Crippen LogP contribution < -0.4 is 11.4 Å². The Hall–Kier alpha value is -3.60. The van der Waals surface area contributed by atoms with Crippen molar-refractivity contribution in [2.45, 2.75) is 37.9 Å². The van der Waals surface area contributed by atoms with Crippen LogP contribution in [0, 0.1) is 0 Å². The number of hydrogen-bond donors (Lipinski definition) is 0. The summed E-state index contributed by atoms with van der Waals surface area (Å²) in [4.78, 5) is 25.7. The van der Waals surface area contributed by atoms with Crippen molar-refractivity contribution in [2.24, 2.45) is 0 Å². The molecule has 31 heavy (non-hydrogen) atoms. The van der Waals surface area contributed by atoms with Gasteiger partial charge in [0.15, 0.2) is 0 Å². The molecule has 0 amide bonds. The molecule has 4 aromatic carbocycles. The maximum atomic E-state index is 12.8. The van der Waals surface area contributed by atoms with Crippen LogP contribution in [0.1, 0.15) is 30.5 Å². The van der Waals surface area contributed by atoms with E-state index in [1.54, 1.807) is 9.36 Å². The number of fused-ring (bicyclic) bond motifs is 5. The zero-order chi connectivity index (χ0) is 20.7. The van der Waals surface area contributed by atoms with E-state index in [0.717, 1.165) is 19.3 Å². The first kappa shape index (κ1) is 17.1. The highest BCUT2D eigenvalue weighted by Gasteiger charge is 2.36. The fourth-order valence-corrected chi connectivity index (χ4v) is 5.77. The van der Waals surface area contributed by atoms with Crippen LogP contribution in [0.3, 0.4) is 0 Å². The van der Waals surface area contributed by atoms with Crippen LogP contribution in [0.2, 0.25) is 0 Å². The van der Waals surface area contributed by atoms with E-state index in [-0.39, 0.29) is 23.5 Å². The summed E-state index contributed by atoms with van der Waals surface area (Å²) in [5.41, 5.74) is 0.932. The third kappa shape index (κ3) is 2.21. The highest BCUT2D eigenvalue weighted by Crippen LogP contribution is 2.37. The highest BCUT2D eigenvalue weighted by atomic mass is 16.2. The molecule has 1 aromatic heterocycles. The number of allylic oxidation sites excluding steroid dienone is 2. The minimum atomic E-state index is -0.169. The molecule has 5 nitrogen and oxygen atoms in total. The lowest BCUT2D eigenvalue weighted by Gasteiger charge is -2.14. The van der Waals surface area contributed by atoms with Crippen molar-refractivity contribution in [2.75, 3.05) is 0 Å². The summed E-state index contributed by atoms with van der Waals surface area (Å²) in [6.45, 7) is 0.450. The van der Waals surface area contributed by atoms with Crippen molar-refractivity contribution < 1.29 is 0 Å². The summed E-state index contributed by atoms with van der Waals surface area (Å²) in [5.74, 6) is 0. The molecule has 0 saturated heterocycles. The van der Waals surface area contributed by atoms with Crippen molar-refractivity contribution in [3.05, 3.63) is 93.3 Å². The SMILES string of the molecule is O=c1n(CCCc2ccc3ccc4cccc5ccc2c3c45)c(=O)n2n1[C@@H]1C=C[C@H]2C1. The lowest BCUT2D eigenvalue weighted by atomic mass is 9.91. The van der Waals surface area contributed by atoms with Gasteiger partial charge < -0.3 is 0 Å². The molecule has 0 fully saturated rings. The van der Waals surface area contributed by atoms with Gasteiger partial charge in [-0.2, -0.15) is 0 Å². The van der Waals surface area contributed by atoms with Gasteiger partial charge in [0.25, 0.3) is 0 Å². The van der Waals surface area contributed by atoms with Crippen molar-refractivity contribution in [1.82, 2.24) is 13.9 Å². The predicted octanol–water partition coefficient (Wildman–Crippen LogP) is 4.40. The van der Waals surface area contributed by atoms with Crippen molar-refractivity contribution >= 4 is 32.3 Å². The molecule has 2 aliphatic rings. The molecule has 152 valence electrons. The van der Waals surface area contributed by atoms with Crippen LogP contribution in [-0.2, 0) is 13.0 Å². The van der Waals surface area contributed by atoms with Crippen molar-refractivity contribution in [3.8, 4) is 0 Å². The van der Waals surface area contributed by atoms with Crippen molar-refractivity contribution in [3.63, 3.8) is 0 Å². The van der Waals surface area contributed by atoms with E-state index in [2.05, 4.69) is 54.6 Å². The Kier molecular flexibility index (Phi) is 3.30. The van der Waals surface area contributed by atoms with Crippen LogP contribution in [0.4, 0.5) is 0 Å². The minimum Gasteiger partial charge on any atom is -0.246 e. The number of rotatable bonds is 4. The van der Waals surface area contributed by atoms with Gasteiger partial charge in [0.2, 0.25) is 0 Å². The third-order valence-corrected chi connectivity index (χ3v) is 7.20. The molecule has 0 radical (unpaired) electrons. The molecule has 2 heterocycles. The van der Waals surface area contributed by atoms with Crippen LogP contribution >= 0.6 is 0 Å². The summed E-state index contributed by atoms with van der Waals surface area (Å²) < 4.78 is 4.70. The van der Waals surface area contributed by atoms with Crippen LogP contribution in [-0.4, -0.2) is 13.9 Å². The number of aromatic nitrogens is 3. The molecule has 5 aromatic rings.